The lowest BCUT2D eigenvalue weighted by atomic mass is 10.2. The highest BCUT2D eigenvalue weighted by Gasteiger charge is 2.25. The van der Waals surface area contributed by atoms with E-state index in [0.717, 1.165) is 44.9 Å². The third-order valence-corrected chi connectivity index (χ3v) is 5.00. The predicted molar refractivity (Wildman–Crippen MR) is 108 cm³/mol. The Morgan fingerprint density at radius 1 is 1.11 bits per heavy atom. The molecule has 148 valence electrons. The Hall–Kier alpha value is -2.57. The number of nitrogens with one attached hydrogen (secondary N) is 1. The average Bonchev–Trinajstić information content (AvgIpc) is 2.71. The van der Waals surface area contributed by atoms with Crippen LogP contribution in [0.4, 0.5) is 14.5 Å². The quantitative estimate of drug-likeness (QED) is 0.825. The van der Waals surface area contributed by atoms with E-state index < -0.39 is 11.6 Å². The van der Waals surface area contributed by atoms with Crippen molar-refractivity contribution in [1.82, 2.24) is 9.80 Å². The summed E-state index contributed by atoms with van der Waals surface area (Å²) in [5.74, 6) is -1.72. The van der Waals surface area contributed by atoms with E-state index in [-0.39, 0.29) is 17.6 Å². The van der Waals surface area contributed by atoms with Crippen molar-refractivity contribution in [1.29, 1.82) is 0 Å². The smallest absolute Gasteiger partial charge is 0.241 e. The number of halogens is 2. The van der Waals surface area contributed by atoms with Gasteiger partial charge in [-0.1, -0.05) is 42.5 Å². The van der Waals surface area contributed by atoms with Crippen molar-refractivity contribution in [3.63, 3.8) is 0 Å². The Labute approximate surface area is 164 Å². The Morgan fingerprint density at radius 3 is 2.50 bits per heavy atom. The maximum absolute atomic E-state index is 13.7. The largest absolute Gasteiger partial charge is 0.322 e. The topological polar surface area (TPSA) is 35.6 Å². The molecule has 0 aliphatic carbocycles. The number of carbonyl (C=O) groups is 1. The van der Waals surface area contributed by atoms with Crippen LogP contribution >= 0.6 is 0 Å². The molecule has 1 N–H and O–H groups in total. The summed E-state index contributed by atoms with van der Waals surface area (Å²) < 4.78 is 26.7. The van der Waals surface area contributed by atoms with E-state index in [1.165, 1.54) is 11.6 Å². The number of carbonyl (C=O) groups excluding carboxylic acids is 1. The number of hydrogen-bond acceptors (Lipinski definition) is 3. The van der Waals surface area contributed by atoms with E-state index in [1.54, 1.807) is 0 Å². The molecule has 1 aliphatic heterocycles. The van der Waals surface area contributed by atoms with Crippen LogP contribution in [0.2, 0.25) is 0 Å². The zero-order valence-electron chi connectivity index (χ0n) is 15.9. The molecule has 2 aromatic rings. The van der Waals surface area contributed by atoms with Crippen LogP contribution in [0.25, 0.3) is 6.08 Å². The molecule has 2 aromatic carbocycles. The van der Waals surface area contributed by atoms with E-state index in [2.05, 4.69) is 39.4 Å². The molecule has 1 atom stereocenters. The van der Waals surface area contributed by atoms with Crippen LogP contribution in [0, 0.1) is 11.6 Å². The second-order valence-electron chi connectivity index (χ2n) is 6.94. The Balaban J connectivity index is 1.46. The first-order valence-corrected chi connectivity index (χ1v) is 9.47. The van der Waals surface area contributed by atoms with Crippen LogP contribution in [0.5, 0.6) is 0 Å². The number of nitrogens with zero attached hydrogens (tertiary/aromatic N) is 2. The van der Waals surface area contributed by atoms with Crippen molar-refractivity contribution in [3.8, 4) is 0 Å². The molecule has 1 fully saturated rings. The number of amides is 1. The van der Waals surface area contributed by atoms with Crippen LogP contribution < -0.4 is 5.32 Å². The Bertz CT molecular complexity index is 818. The van der Waals surface area contributed by atoms with Gasteiger partial charge in [-0.25, -0.2) is 8.78 Å². The van der Waals surface area contributed by atoms with E-state index in [4.69, 9.17) is 0 Å². The lowest BCUT2D eigenvalue weighted by molar-refractivity contribution is -0.121. The number of rotatable bonds is 6. The molecule has 0 aromatic heterocycles. The van der Waals surface area contributed by atoms with Gasteiger partial charge in [-0.15, -0.1) is 0 Å². The van der Waals surface area contributed by atoms with Gasteiger partial charge in [-0.3, -0.25) is 14.6 Å². The second kappa shape index (κ2) is 9.57. The fourth-order valence-electron chi connectivity index (χ4n) is 3.23. The molecule has 28 heavy (non-hydrogen) atoms. The van der Waals surface area contributed by atoms with E-state index >= 15 is 0 Å². The Morgan fingerprint density at radius 2 is 1.82 bits per heavy atom. The molecule has 4 nitrogen and oxygen atoms in total. The summed E-state index contributed by atoms with van der Waals surface area (Å²) in [6.07, 6.45) is 4.26. The molecule has 0 bridgehead atoms. The number of anilines is 1. The average molecular weight is 385 g/mol. The van der Waals surface area contributed by atoms with E-state index in [9.17, 15) is 13.6 Å². The summed E-state index contributed by atoms with van der Waals surface area (Å²) in [5.41, 5.74) is 1.18. The zero-order valence-corrected chi connectivity index (χ0v) is 15.9. The lowest BCUT2D eigenvalue weighted by Gasteiger charge is -2.37. The zero-order chi connectivity index (χ0) is 19.9. The van der Waals surface area contributed by atoms with Gasteiger partial charge in [0.25, 0.3) is 0 Å². The molecule has 0 spiro atoms. The number of hydrogen-bond donors (Lipinski definition) is 1. The van der Waals surface area contributed by atoms with Crippen molar-refractivity contribution >= 4 is 17.7 Å². The van der Waals surface area contributed by atoms with Gasteiger partial charge in [0.05, 0.1) is 11.7 Å². The predicted octanol–water partition coefficient (Wildman–Crippen LogP) is 3.62. The highest BCUT2D eigenvalue weighted by molar-refractivity contribution is 5.94. The SMILES string of the molecule is C[C@H](C(=O)Nc1ccc(F)cc1F)N1CCN(C/C=C/c2ccccc2)CC1. The van der Waals surface area contributed by atoms with Crippen molar-refractivity contribution in [3.05, 3.63) is 71.8 Å². The summed E-state index contributed by atoms with van der Waals surface area (Å²) in [5, 5.41) is 2.55. The standard InChI is InChI=1S/C22H25F2N3O/c1-17(22(28)25-21-10-9-19(23)16-20(21)24)27-14-12-26(13-15-27)11-5-8-18-6-3-2-4-7-18/h2-10,16-17H,11-15H2,1H3,(H,25,28)/b8-5+/t17-/m1/s1. The van der Waals surface area contributed by atoms with Gasteiger partial charge in [0, 0.05) is 38.8 Å². The van der Waals surface area contributed by atoms with Gasteiger partial charge in [0.15, 0.2) is 0 Å². The minimum absolute atomic E-state index is 0.00272. The van der Waals surface area contributed by atoms with Crippen LogP contribution in [0.3, 0.4) is 0 Å². The van der Waals surface area contributed by atoms with Crippen molar-refractivity contribution < 1.29 is 13.6 Å². The summed E-state index contributed by atoms with van der Waals surface area (Å²) in [6, 6.07) is 12.9. The first-order chi connectivity index (χ1) is 13.5. The molecule has 1 heterocycles. The molecule has 0 radical (unpaired) electrons. The van der Waals surface area contributed by atoms with Crippen LogP contribution in [-0.4, -0.2) is 54.5 Å². The number of piperazine rings is 1. The fraction of sp³-hybridized carbons (Fsp3) is 0.318. The fourth-order valence-corrected chi connectivity index (χ4v) is 3.23. The Kier molecular flexibility index (Phi) is 6.90. The summed E-state index contributed by atoms with van der Waals surface area (Å²) >= 11 is 0. The monoisotopic (exact) mass is 385 g/mol. The van der Waals surface area contributed by atoms with Crippen LogP contribution in [0.1, 0.15) is 12.5 Å². The van der Waals surface area contributed by atoms with Gasteiger partial charge in [-0.05, 0) is 24.6 Å². The molecule has 1 saturated heterocycles. The maximum atomic E-state index is 13.7. The summed E-state index contributed by atoms with van der Waals surface area (Å²) in [6.45, 7) is 5.93. The minimum atomic E-state index is -0.768. The maximum Gasteiger partial charge on any atom is 0.241 e. The van der Waals surface area contributed by atoms with Gasteiger partial charge in [0.1, 0.15) is 11.6 Å². The minimum Gasteiger partial charge on any atom is -0.322 e. The third kappa shape index (κ3) is 5.47. The van der Waals surface area contributed by atoms with Crippen LogP contribution in [0.15, 0.2) is 54.6 Å². The van der Waals surface area contributed by atoms with Crippen molar-refractivity contribution in [2.24, 2.45) is 0 Å². The van der Waals surface area contributed by atoms with Crippen LogP contribution in [-0.2, 0) is 4.79 Å². The van der Waals surface area contributed by atoms with Gasteiger partial charge in [0.2, 0.25) is 5.91 Å². The summed E-state index contributed by atoms with van der Waals surface area (Å²) in [4.78, 5) is 16.8. The van der Waals surface area contributed by atoms with Gasteiger partial charge in [-0.2, -0.15) is 0 Å². The second-order valence-corrected chi connectivity index (χ2v) is 6.94. The van der Waals surface area contributed by atoms with Gasteiger partial charge >= 0.3 is 0 Å². The lowest BCUT2D eigenvalue weighted by Crippen LogP contribution is -2.52. The molecule has 0 unspecified atom stereocenters. The molecule has 6 heteroatoms. The third-order valence-electron chi connectivity index (χ3n) is 5.00. The normalized spacial score (nSPS) is 17.0. The first-order valence-electron chi connectivity index (χ1n) is 9.47. The molecular formula is C22H25F2N3O. The van der Waals surface area contributed by atoms with Crippen molar-refractivity contribution in [2.75, 3.05) is 38.0 Å². The molecule has 1 amide bonds. The highest BCUT2D eigenvalue weighted by atomic mass is 19.1. The molecular weight excluding hydrogens is 360 g/mol. The van der Waals surface area contributed by atoms with E-state index in [1.807, 2.05) is 25.1 Å². The highest BCUT2D eigenvalue weighted by Crippen LogP contribution is 2.16. The number of benzene rings is 2. The summed E-state index contributed by atoms with van der Waals surface area (Å²) in [7, 11) is 0. The molecule has 3 rings (SSSR count). The molecule has 0 saturated carbocycles. The van der Waals surface area contributed by atoms with Crippen molar-refractivity contribution in [2.45, 2.75) is 13.0 Å². The van der Waals surface area contributed by atoms with Gasteiger partial charge < -0.3 is 5.32 Å². The molecule has 1 aliphatic rings. The first kappa shape index (κ1) is 20.2. The van der Waals surface area contributed by atoms with E-state index in [0.29, 0.717) is 0 Å².